The summed E-state index contributed by atoms with van der Waals surface area (Å²) < 4.78 is 0. The summed E-state index contributed by atoms with van der Waals surface area (Å²) in [6, 6.07) is 6.55. The van der Waals surface area contributed by atoms with E-state index < -0.39 is 5.91 Å². The predicted molar refractivity (Wildman–Crippen MR) is 59.2 cm³/mol. The van der Waals surface area contributed by atoms with Crippen LogP contribution in [0.1, 0.15) is 5.56 Å². The highest BCUT2D eigenvalue weighted by Crippen LogP contribution is 2.26. The first-order valence-corrected chi connectivity index (χ1v) is 4.67. The van der Waals surface area contributed by atoms with Crippen molar-refractivity contribution in [1.29, 1.82) is 5.26 Å². The van der Waals surface area contributed by atoms with Crippen LogP contribution in [-0.2, 0) is 4.79 Å². The van der Waals surface area contributed by atoms with Crippen LogP contribution >= 0.6 is 23.2 Å². The molecule has 0 bridgehead atoms. The fourth-order valence-electron chi connectivity index (χ4n) is 0.951. The highest BCUT2D eigenvalue weighted by molar-refractivity contribution is 6.37. The molecule has 15 heavy (non-hydrogen) atoms. The molecule has 76 valence electrons. The van der Waals surface area contributed by atoms with E-state index in [0.717, 1.165) is 0 Å². The van der Waals surface area contributed by atoms with E-state index in [2.05, 4.69) is 0 Å². The number of nitriles is 1. The van der Waals surface area contributed by atoms with Gasteiger partial charge in [0, 0.05) is 15.6 Å². The van der Waals surface area contributed by atoms with Crippen molar-refractivity contribution >= 4 is 35.2 Å². The lowest BCUT2D eigenvalue weighted by Gasteiger charge is -2.01. The van der Waals surface area contributed by atoms with E-state index in [1.807, 2.05) is 0 Å². The first-order chi connectivity index (χ1) is 7.06. The molecule has 1 rings (SSSR count). The lowest BCUT2D eigenvalue weighted by molar-refractivity contribution is -0.114. The van der Waals surface area contributed by atoms with Gasteiger partial charge in [-0.2, -0.15) is 5.26 Å². The fourth-order valence-corrected chi connectivity index (χ4v) is 1.46. The van der Waals surface area contributed by atoms with Crippen LogP contribution in [-0.4, -0.2) is 5.91 Å². The molecule has 0 aliphatic heterocycles. The molecule has 1 amide bonds. The second-order valence-corrected chi connectivity index (χ2v) is 3.48. The number of benzene rings is 1. The second-order valence-electron chi connectivity index (χ2n) is 2.67. The first-order valence-electron chi connectivity index (χ1n) is 3.92. The Hall–Kier alpha value is -1.50. The first kappa shape index (κ1) is 11.6. The fraction of sp³-hybridized carbons (Fsp3) is 0. The maximum Gasteiger partial charge on any atom is 0.259 e. The van der Waals surface area contributed by atoms with E-state index in [1.165, 1.54) is 6.08 Å². The van der Waals surface area contributed by atoms with Gasteiger partial charge in [0.05, 0.1) is 0 Å². The van der Waals surface area contributed by atoms with Gasteiger partial charge in [0.15, 0.2) is 0 Å². The minimum Gasteiger partial charge on any atom is -0.365 e. The van der Waals surface area contributed by atoms with Crippen molar-refractivity contribution in [3.05, 3.63) is 39.4 Å². The van der Waals surface area contributed by atoms with E-state index in [0.29, 0.717) is 15.6 Å². The molecule has 0 aliphatic carbocycles. The Bertz CT molecular complexity index is 455. The number of rotatable bonds is 2. The van der Waals surface area contributed by atoms with Crippen molar-refractivity contribution in [1.82, 2.24) is 0 Å². The summed E-state index contributed by atoms with van der Waals surface area (Å²) in [7, 11) is 0. The quantitative estimate of drug-likeness (QED) is 0.638. The van der Waals surface area contributed by atoms with Gasteiger partial charge in [-0.25, -0.2) is 0 Å². The van der Waals surface area contributed by atoms with Crippen molar-refractivity contribution in [2.75, 3.05) is 0 Å². The number of amides is 1. The molecule has 0 spiro atoms. The van der Waals surface area contributed by atoms with Crippen LogP contribution in [0.3, 0.4) is 0 Å². The van der Waals surface area contributed by atoms with Crippen LogP contribution in [0.4, 0.5) is 0 Å². The minimum absolute atomic E-state index is 0.190. The summed E-state index contributed by atoms with van der Waals surface area (Å²) >= 11 is 11.7. The molecule has 0 saturated heterocycles. The molecule has 0 fully saturated rings. The molecule has 2 N–H and O–H groups in total. The zero-order valence-corrected chi connectivity index (χ0v) is 9.01. The van der Waals surface area contributed by atoms with Gasteiger partial charge < -0.3 is 5.73 Å². The van der Waals surface area contributed by atoms with Crippen LogP contribution in [0.25, 0.3) is 6.08 Å². The molecule has 0 saturated carbocycles. The van der Waals surface area contributed by atoms with Gasteiger partial charge in [-0.15, -0.1) is 0 Å². The van der Waals surface area contributed by atoms with Gasteiger partial charge in [0.1, 0.15) is 11.6 Å². The number of primary amides is 1. The lowest BCUT2D eigenvalue weighted by Crippen LogP contribution is -2.12. The van der Waals surface area contributed by atoms with Gasteiger partial charge in [-0.1, -0.05) is 29.3 Å². The molecule has 1 aromatic carbocycles. The number of nitrogens with two attached hydrogens (primary N) is 1. The average molecular weight is 241 g/mol. The molecule has 3 nitrogen and oxygen atoms in total. The predicted octanol–water partition coefficient (Wildman–Crippen LogP) is 2.39. The Morgan fingerprint density at radius 1 is 1.40 bits per heavy atom. The summed E-state index contributed by atoms with van der Waals surface area (Å²) in [5.74, 6) is -0.812. The molecule has 0 atom stereocenters. The second kappa shape index (κ2) is 4.83. The Kier molecular flexibility index (Phi) is 3.73. The summed E-state index contributed by atoms with van der Waals surface area (Å²) in [6.45, 7) is 0. The number of halogens is 2. The average Bonchev–Trinajstić information content (AvgIpc) is 2.17. The Balaban J connectivity index is 3.30. The van der Waals surface area contributed by atoms with E-state index in [4.69, 9.17) is 34.2 Å². The van der Waals surface area contributed by atoms with Gasteiger partial charge in [-0.3, -0.25) is 4.79 Å². The molecule has 0 unspecified atom stereocenters. The third-order valence-electron chi connectivity index (χ3n) is 1.67. The lowest BCUT2D eigenvalue weighted by atomic mass is 10.1. The van der Waals surface area contributed by atoms with Crippen molar-refractivity contribution in [2.45, 2.75) is 0 Å². The minimum atomic E-state index is -0.812. The summed E-state index contributed by atoms with van der Waals surface area (Å²) in [5.41, 5.74) is 5.20. The van der Waals surface area contributed by atoms with E-state index in [1.54, 1.807) is 24.3 Å². The third-order valence-corrected chi connectivity index (χ3v) is 2.33. The van der Waals surface area contributed by atoms with E-state index >= 15 is 0 Å². The highest BCUT2D eigenvalue weighted by atomic mass is 35.5. The topological polar surface area (TPSA) is 66.9 Å². The summed E-state index contributed by atoms with van der Waals surface area (Å²) in [4.78, 5) is 10.8. The molecule has 1 aromatic rings. The standard InChI is InChI=1S/C10H6Cl2N2O/c11-8-2-1-3-9(12)7(8)4-6(5-13)10(14)15/h1-4H,(H2,14,15)/b6-4+. The van der Waals surface area contributed by atoms with Crippen molar-refractivity contribution in [3.63, 3.8) is 0 Å². The van der Waals surface area contributed by atoms with Gasteiger partial charge in [0.25, 0.3) is 5.91 Å². The van der Waals surface area contributed by atoms with Crippen LogP contribution in [0.2, 0.25) is 10.0 Å². The van der Waals surface area contributed by atoms with Crippen molar-refractivity contribution in [2.24, 2.45) is 5.73 Å². The zero-order valence-electron chi connectivity index (χ0n) is 7.50. The monoisotopic (exact) mass is 240 g/mol. The normalized spacial score (nSPS) is 10.9. The van der Waals surface area contributed by atoms with Gasteiger partial charge in [-0.05, 0) is 18.2 Å². The zero-order chi connectivity index (χ0) is 11.4. The summed E-state index contributed by atoms with van der Waals surface area (Å²) in [5, 5.41) is 9.35. The van der Waals surface area contributed by atoms with Crippen molar-refractivity contribution in [3.8, 4) is 6.07 Å². The van der Waals surface area contributed by atoms with Crippen molar-refractivity contribution < 1.29 is 4.79 Å². The Labute approximate surface area is 96.7 Å². The number of carbonyl (C=O) groups is 1. The SMILES string of the molecule is N#C/C(=C\c1c(Cl)cccc1Cl)C(N)=O. The molecule has 0 aliphatic rings. The maximum atomic E-state index is 10.8. The van der Waals surface area contributed by atoms with E-state index in [9.17, 15) is 4.79 Å². The molecule has 0 radical (unpaired) electrons. The highest BCUT2D eigenvalue weighted by Gasteiger charge is 2.07. The van der Waals surface area contributed by atoms with Crippen LogP contribution in [0.15, 0.2) is 23.8 Å². The van der Waals surface area contributed by atoms with Gasteiger partial charge >= 0.3 is 0 Å². The molecule has 0 heterocycles. The number of hydrogen-bond donors (Lipinski definition) is 1. The largest absolute Gasteiger partial charge is 0.365 e. The molecule has 0 aromatic heterocycles. The summed E-state index contributed by atoms with van der Waals surface area (Å²) in [6.07, 6.45) is 1.27. The van der Waals surface area contributed by atoms with Crippen LogP contribution < -0.4 is 5.73 Å². The maximum absolute atomic E-state index is 10.8. The number of hydrogen-bond acceptors (Lipinski definition) is 2. The molecular weight excluding hydrogens is 235 g/mol. The Morgan fingerprint density at radius 2 is 1.93 bits per heavy atom. The molecule has 5 heteroatoms. The Morgan fingerprint density at radius 3 is 2.33 bits per heavy atom. The number of nitrogens with zero attached hydrogens (tertiary/aromatic N) is 1. The van der Waals surface area contributed by atoms with E-state index in [-0.39, 0.29) is 5.57 Å². The number of carbonyl (C=O) groups excluding carboxylic acids is 1. The van der Waals surface area contributed by atoms with Crippen LogP contribution in [0.5, 0.6) is 0 Å². The molecular formula is C10H6Cl2N2O. The third kappa shape index (κ3) is 2.72. The van der Waals surface area contributed by atoms with Crippen LogP contribution in [0, 0.1) is 11.3 Å². The van der Waals surface area contributed by atoms with Gasteiger partial charge in [0.2, 0.25) is 0 Å². The smallest absolute Gasteiger partial charge is 0.259 e.